The van der Waals surface area contributed by atoms with Crippen molar-refractivity contribution in [1.82, 2.24) is 10.7 Å². The summed E-state index contributed by atoms with van der Waals surface area (Å²) in [5, 5.41) is 4.99. The van der Waals surface area contributed by atoms with Crippen LogP contribution in [0.2, 0.25) is 0 Å². The van der Waals surface area contributed by atoms with E-state index in [-0.39, 0.29) is 17.7 Å². The maximum atomic E-state index is 14.4. The monoisotopic (exact) mass is 430 g/mol. The minimum Gasteiger partial charge on any atom is -0.444 e. The number of para-hydroxylation sites is 1. The first-order chi connectivity index (χ1) is 14.6. The van der Waals surface area contributed by atoms with Crippen LogP contribution >= 0.6 is 0 Å². The third-order valence-corrected chi connectivity index (χ3v) is 4.01. The summed E-state index contributed by atoms with van der Waals surface area (Å²) in [6, 6.07) is 11.7. The average molecular weight is 430 g/mol. The van der Waals surface area contributed by atoms with Crippen molar-refractivity contribution in [3.05, 3.63) is 59.9 Å². The van der Waals surface area contributed by atoms with E-state index in [4.69, 9.17) is 4.74 Å². The van der Waals surface area contributed by atoms with Crippen LogP contribution in [0.3, 0.4) is 0 Å². The smallest absolute Gasteiger partial charge is 0.408 e. The van der Waals surface area contributed by atoms with Crippen molar-refractivity contribution in [2.24, 2.45) is 0 Å². The Balaban J connectivity index is 2.11. The van der Waals surface area contributed by atoms with Gasteiger partial charge >= 0.3 is 6.09 Å². The minimum atomic E-state index is -0.934. The molecule has 8 nitrogen and oxygen atoms in total. The van der Waals surface area contributed by atoms with Gasteiger partial charge in [0.2, 0.25) is 5.91 Å². The highest BCUT2D eigenvalue weighted by Gasteiger charge is 2.25. The summed E-state index contributed by atoms with van der Waals surface area (Å²) in [6.45, 7) is 6.81. The molecule has 0 spiro atoms. The molecule has 0 radical (unpaired) electrons. The molecule has 31 heavy (non-hydrogen) atoms. The van der Waals surface area contributed by atoms with Crippen molar-refractivity contribution < 1.29 is 23.5 Å². The Bertz CT molecular complexity index is 929. The highest BCUT2D eigenvalue weighted by atomic mass is 19.1. The molecule has 9 heteroatoms. The van der Waals surface area contributed by atoms with Crippen LogP contribution in [0.1, 0.15) is 44.5 Å². The lowest BCUT2D eigenvalue weighted by Gasteiger charge is -2.23. The van der Waals surface area contributed by atoms with Crippen molar-refractivity contribution in [2.75, 3.05) is 10.7 Å². The van der Waals surface area contributed by atoms with Crippen LogP contribution in [0.15, 0.2) is 48.5 Å². The van der Waals surface area contributed by atoms with Gasteiger partial charge in [0.1, 0.15) is 23.0 Å². The van der Waals surface area contributed by atoms with Crippen LogP contribution in [0.4, 0.5) is 20.6 Å². The summed E-state index contributed by atoms with van der Waals surface area (Å²) in [7, 11) is 0. The third-order valence-electron chi connectivity index (χ3n) is 4.01. The first kappa shape index (κ1) is 23.7. The molecule has 0 bridgehead atoms. The molecule has 0 aromatic heterocycles. The number of benzene rings is 2. The van der Waals surface area contributed by atoms with Gasteiger partial charge < -0.3 is 15.4 Å². The van der Waals surface area contributed by atoms with Gasteiger partial charge in [-0.1, -0.05) is 31.2 Å². The van der Waals surface area contributed by atoms with E-state index in [9.17, 15) is 18.8 Å². The number of halogens is 1. The molecule has 0 unspecified atom stereocenters. The summed E-state index contributed by atoms with van der Waals surface area (Å²) < 4.78 is 19.6. The van der Waals surface area contributed by atoms with E-state index < -0.39 is 35.4 Å². The number of hydrogen-bond acceptors (Lipinski definition) is 5. The van der Waals surface area contributed by atoms with Gasteiger partial charge in [0, 0.05) is 0 Å². The van der Waals surface area contributed by atoms with E-state index in [0.29, 0.717) is 5.69 Å². The number of amides is 3. The molecule has 2 aromatic carbocycles. The molecule has 0 aliphatic heterocycles. The Labute approximate surface area is 180 Å². The number of ether oxygens (including phenoxy) is 1. The second kappa shape index (κ2) is 10.4. The lowest BCUT2D eigenvalue weighted by Crippen LogP contribution is -2.45. The van der Waals surface area contributed by atoms with Gasteiger partial charge in [-0.2, -0.15) is 0 Å². The zero-order chi connectivity index (χ0) is 23.0. The number of hydrazine groups is 1. The Hall–Kier alpha value is -3.62. The topological polar surface area (TPSA) is 109 Å². The highest BCUT2D eigenvalue weighted by molar-refractivity contribution is 6.05. The number of anilines is 2. The Morgan fingerprint density at radius 3 is 2.32 bits per heavy atom. The van der Waals surface area contributed by atoms with Gasteiger partial charge in [0.15, 0.2) is 0 Å². The fourth-order valence-electron chi connectivity index (χ4n) is 2.59. The van der Waals surface area contributed by atoms with E-state index in [2.05, 4.69) is 21.5 Å². The predicted molar refractivity (Wildman–Crippen MR) is 116 cm³/mol. The second-order valence-corrected chi connectivity index (χ2v) is 7.70. The molecule has 0 aliphatic rings. The lowest BCUT2D eigenvalue weighted by molar-refractivity contribution is -0.118. The molecular formula is C22H27FN4O4. The zero-order valence-electron chi connectivity index (χ0n) is 17.9. The number of nitrogens with one attached hydrogen (secondary N) is 4. The van der Waals surface area contributed by atoms with E-state index >= 15 is 0 Å². The maximum Gasteiger partial charge on any atom is 0.408 e. The van der Waals surface area contributed by atoms with Gasteiger partial charge in [-0.05, 0) is 51.5 Å². The molecule has 2 rings (SSSR count). The van der Waals surface area contributed by atoms with Crippen molar-refractivity contribution >= 4 is 29.3 Å². The first-order valence-electron chi connectivity index (χ1n) is 9.81. The van der Waals surface area contributed by atoms with E-state index in [0.717, 1.165) is 6.07 Å². The largest absolute Gasteiger partial charge is 0.444 e. The Morgan fingerprint density at radius 1 is 1.03 bits per heavy atom. The van der Waals surface area contributed by atoms with E-state index in [1.165, 1.54) is 12.1 Å². The Morgan fingerprint density at radius 2 is 1.71 bits per heavy atom. The SMILES string of the molecule is CC[C@H](NC(=O)OC(C)(C)C)C(=O)Nc1cccc(F)c1C(=O)NNc1ccccc1. The molecule has 0 saturated heterocycles. The van der Waals surface area contributed by atoms with Crippen molar-refractivity contribution in [3.63, 3.8) is 0 Å². The van der Waals surface area contributed by atoms with Gasteiger partial charge in [0.05, 0.1) is 11.4 Å². The third kappa shape index (κ3) is 7.29. The van der Waals surface area contributed by atoms with Gasteiger partial charge in [-0.3, -0.25) is 20.4 Å². The molecule has 0 fully saturated rings. The van der Waals surface area contributed by atoms with Gasteiger partial charge in [-0.15, -0.1) is 0 Å². The molecule has 0 aliphatic carbocycles. The van der Waals surface area contributed by atoms with E-state index in [1.807, 2.05) is 6.07 Å². The summed E-state index contributed by atoms with van der Waals surface area (Å²) in [5.74, 6) is -2.19. The normalized spacial score (nSPS) is 11.8. The average Bonchev–Trinajstić information content (AvgIpc) is 2.69. The van der Waals surface area contributed by atoms with Gasteiger partial charge in [-0.25, -0.2) is 9.18 Å². The highest BCUT2D eigenvalue weighted by Crippen LogP contribution is 2.20. The molecular weight excluding hydrogens is 403 g/mol. The fourth-order valence-corrected chi connectivity index (χ4v) is 2.59. The van der Waals surface area contributed by atoms with Gasteiger partial charge in [0.25, 0.3) is 5.91 Å². The number of carbonyl (C=O) groups is 3. The van der Waals surface area contributed by atoms with Crippen molar-refractivity contribution in [1.29, 1.82) is 0 Å². The molecule has 2 aromatic rings. The predicted octanol–water partition coefficient (Wildman–Crippen LogP) is 3.82. The van der Waals surface area contributed by atoms with Crippen LogP contribution in [0.25, 0.3) is 0 Å². The molecule has 0 saturated carbocycles. The van der Waals surface area contributed by atoms with Crippen molar-refractivity contribution in [2.45, 2.75) is 45.8 Å². The maximum absolute atomic E-state index is 14.4. The summed E-state index contributed by atoms with van der Waals surface area (Å²) >= 11 is 0. The molecule has 1 atom stereocenters. The Kier molecular flexibility index (Phi) is 7.95. The number of carbonyl (C=O) groups excluding carboxylic acids is 3. The first-order valence-corrected chi connectivity index (χ1v) is 9.81. The number of hydrogen-bond donors (Lipinski definition) is 4. The summed E-state index contributed by atoms with van der Waals surface area (Å²) in [4.78, 5) is 37.2. The zero-order valence-corrected chi connectivity index (χ0v) is 17.9. The minimum absolute atomic E-state index is 0.0261. The van der Waals surface area contributed by atoms with Crippen LogP contribution in [0.5, 0.6) is 0 Å². The van der Waals surface area contributed by atoms with Crippen LogP contribution in [0, 0.1) is 5.82 Å². The second-order valence-electron chi connectivity index (χ2n) is 7.70. The summed E-state index contributed by atoms with van der Waals surface area (Å²) in [6.07, 6.45) is -0.490. The molecule has 166 valence electrons. The quantitative estimate of drug-likeness (QED) is 0.500. The molecule has 4 N–H and O–H groups in total. The van der Waals surface area contributed by atoms with Crippen LogP contribution < -0.4 is 21.5 Å². The van der Waals surface area contributed by atoms with Crippen molar-refractivity contribution in [3.8, 4) is 0 Å². The lowest BCUT2D eigenvalue weighted by atomic mass is 10.1. The number of rotatable bonds is 7. The number of alkyl carbamates (subject to hydrolysis) is 1. The fraction of sp³-hybridized carbons (Fsp3) is 0.318. The summed E-state index contributed by atoms with van der Waals surface area (Å²) in [5.41, 5.74) is 4.59. The van der Waals surface area contributed by atoms with Crippen LogP contribution in [-0.4, -0.2) is 29.6 Å². The molecule has 0 heterocycles. The van der Waals surface area contributed by atoms with Crippen LogP contribution in [-0.2, 0) is 9.53 Å². The standard InChI is InChI=1S/C22H27FN4O4/c1-5-16(25-21(30)31-22(2,3)4)19(28)24-17-13-9-12-15(23)18(17)20(29)27-26-14-10-7-6-8-11-14/h6-13,16,26H,5H2,1-4H3,(H,24,28)(H,25,30)(H,27,29)/t16-/m0/s1. The molecule has 3 amide bonds. The van der Waals surface area contributed by atoms with E-state index in [1.54, 1.807) is 52.0 Å².